The van der Waals surface area contributed by atoms with Gasteiger partial charge in [0.1, 0.15) is 5.82 Å². The maximum Gasteiger partial charge on any atom is 0.152 e. The molecule has 1 N–H and O–H groups in total. The summed E-state index contributed by atoms with van der Waals surface area (Å²) < 4.78 is 23.2. The monoisotopic (exact) mass is 297 g/mol. The first-order valence-electron chi connectivity index (χ1n) is 7.03. The molecule has 1 unspecified atom stereocenters. The van der Waals surface area contributed by atoms with Gasteiger partial charge in [0, 0.05) is 25.3 Å². The minimum absolute atomic E-state index is 0.0429. The maximum atomic E-state index is 11.6. The number of nitrogens with zero attached hydrogens (tertiary/aromatic N) is 2. The Labute approximate surface area is 121 Å². The Hall–Kier alpha value is -1.14. The van der Waals surface area contributed by atoms with Crippen LogP contribution >= 0.6 is 0 Å². The summed E-state index contributed by atoms with van der Waals surface area (Å²) in [6.45, 7) is 5.78. The zero-order valence-electron chi connectivity index (χ0n) is 12.4. The Balaban J connectivity index is 2.17. The van der Waals surface area contributed by atoms with Gasteiger partial charge in [0.15, 0.2) is 9.84 Å². The van der Waals surface area contributed by atoms with Crippen molar-refractivity contribution in [3.63, 3.8) is 0 Å². The van der Waals surface area contributed by atoms with Crippen LogP contribution in [0.3, 0.4) is 0 Å². The molecule has 1 aliphatic rings. The molecular formula is C14H23N3O2S. The van der Waals surface area contributed by atoms with E-state index >= 15 is 0 Å². The van der Waals surface area contributed by atoms with E-state index in [4.69, 9.17) is 0 Å². The van der Waals surface area contributed by atoms with E-state index in [9.17, 15) is 8.42 Å². The Morgan fingerprint density at radius 3 is 2.80 bits per heavy atom. The van der Waals surface area contributed by atoms with Crippen LogP contribution in [0.4, 0.5) is 5.82 Å². The van der Waals surface area contributed by atoms with Crippen molar-refractivity contribution in [1.82, 2.24) is 10.3 Å². The van der Waals surface area contributed by atoms with Crippen molar-refractivity contribution < 1.29 is 8.42 Å². The number of hydrogen-bond acceptors (Lipinski definition) is 5. The first-order valence-corrected chi connectivity index (χ1v) is 8.85. The minimum atomic E-state index is -2.86. The lowest BCUT2D eigenvalue weighted by Gasteiger charge is -2.25. The van der Waals surface area contributed by atoms with Crippen molar-refractivity contribution in [3.05, 3.63) is 23.4 Å². The third kappa shape index (κ3) is 3.70. The zero-order valence-corrected chi connectivity index (χ0v) is 13.2. The first kappa shape index (κ1) is 15.3. The van der Waals surface area contributed by atoms with Gasteiger partial charge in [-0.25, -0.2) is 13.4 Å². The summed E-state index contributed by atoms with van der Waals surface area (Å²) in [6.07, 6.45) is 0.691. The molecule has 1 aromatic heterocycles. The van der Waals surface area contributed by atoms with Gasteiger partial charge in [-0.1, -0.05) is 6.92 Å². The highest BCUT2D eigenvalue weighted by Gasteiger charge is 2.31. The zero-order chi connectivity index (χ0) is 14.8. The second kappa shape index (κ2) is 6.10. The highest BCUT2D eigenvalue weighted by atomic mass is 32.2. The van der Waals surface area contributed by atoms with Crippen molar-refractivity contribution in [1.29, 1.82) is 0 Å². The average molecular weight is 297 g/mol. The number of aromatic nitrogens is 1. The van der Waals surface area contributed by atoms with Gasteiger partial charge in [0.05, 0.1) is 11.5 Å². The summed E-state index contributed by atoms with van der Waals surface area (Å²) >= 11 is 0. The van der Waals surface area contributed by atoms with Crippen LogP contribution in [0.25, 0.3) is 0 Å². The van der Waals surface area contributed by atoms with Crippen molar-refractivity contribution in [2.75, 3.05) is 30.0 Å². The second-order valence-electron chi connectivity index (χ2n) is 5.42. The van der Waals surface area contributed by atoms with E-state index in [1.807, 2.05) is 24.9 Å². The van der Waals surface area contributed by atoms with Gasteiger partial charge >= 0.3 is 0 Å². The van der Waals surface area contributed by atoms with Gasteiger partial charge in [-0.2, -0.15) is 0 Å². The molecule has 1 atom stereocenters. The maximum absolute atomic E-state index is 11.6. The van der Waals surface area contributed by atoms with Gasteiger partial charge < -0.3 is 10.2 Å². The predicted molar refractivity (Wildman–Crippen MR) is 81.8 cm³/mol. The van der Waals surface area contributed by atoms with Crippen LogP contribution in [0.2, 0.25) is 0 Å². The van der Waals surface area contributed by atoms with Gasteiger partial charge in [-0.05, 0) is 37.6 Å². The smallest absolute Gasteiger partial charge is 0.152 e. The first-order chi connectivity index (χ1) is 9.41. The normalized spacial score (nSPS) is 21.1. The second-order valence-corrected chi connectivity index (χ2v) is 7.65. The number of nitrogens with one attached hydrogen (secondary N) is 1. The Kier molecular flexibility index (Phi) is 4.65. The topological polar surface area (TPSA) is 62.3 Å². The summed E-state index contributed by atoms with van der Waals surface area (Å²) in [6, 6.07) is 4.15. The summed E-state index contributed by atoms with van der Waals surface area (Å²) in [5, 5.41) is 3.30. The molecule has 1 fully saturated rings. The third-order valence-corrected chi connectivity index (χ3v) is 5.45. The molecular weight excluding hydrogens is 274 g/mol. The van der Waals surface area contributed by atoms with Crippen LogP contribution in [0.1, 0.15) is 24.6 Å². The summed E-state index contributed by atoms with van der Waals surface area (Å²) in [5.41, 5.74) is 2.14. The summed E-state index contributed by atoms with van der Waals surface area (Å²) in [4.78, 5) is 6.54. The van der Waals surface area contributed by atoms with Crippen LogP contribution in [-0.2, 0) is 16.4 Å². The molecule has 0 aromatic carbocycles. The molecule has 2 rings (SSSR count). The van der Waals surface area contributed by atoms with Crippen molar-refractivity contribution in [2.45, 2.75) is 32.9 Å². The van der Waals surface area contributed by atoms with Gasteiger partial charge in [-0.15, -0.1) is 0 Å². The molecule has 0 spiro atoms. The molecule has 6 heteroatoms. The quantitative estimate of drug-likeness (QED) is 0.882. The Morgan fingerprint density at radius 1 is 1.45 bits per heavy atom. The SMILES string of the molecule is CCNCc1cc(C)nc(N(C)C2CCS(=O)(=O)C2)c1. The molecule has 0 saturated carbocycles. The highest BCUT2D eigenvalue weighted by Crippen LogP contribution is 2.22. The summed E-state index contributed by atoms with van der Waals surface area (Å²) in [7, 11) is -0.930. The number of sulfone groups is 1. The molecule has 0 bridgehead atoms. The van der Waals surface area contributed by atoms with E-state index in [1.165, 1.54) is 5.56 Å². The van der Waals surface area contributed by atoms with E-state index in [-0.39, 0.29) is 17.5 Å². The number of hydrogen-bond donors (Lipinski definition) is 1. The van der Waals surface area contributed by atoms with Crippen molar-refractivity contribution in [2.24, 2.45) is 0 Å². The molecule has 0 radical (unpaired) electrons. The van der Waals surface area contributed by atoms with Crippen LogP contribution in [0, 0.1) is 6.92 Å². The number of aryl methyl sites for hydroxylation is 1. The lowest BCUT2D eigenvalue weighted by molar-refractivity contribution is 0.600. The molecule has 5 nitrogen and oxygen atoms in total. The molecule has 112 valence electrons. The van der Waals surface area contributed by atoms with E-state index in [0.717, 1.165) is 24.6 Å². The van der Waals surface area contributed by atoms with E-state index in [1.54, 1.807) is 0 Å². The highest BCUT2D eigenvalue weighted by molar-refractivity contribution is 7.91. The lowest BCUT2D eigenvalue weighted by atomic mass is 10.2. The number of rotatable bonds is 5. The van der Waals surface area contributed by atoms with Crippen LogP contribution in [0.15, 0.2) is 12.1 Å². The van der Waals surface area contributed by atoms with Gasteiger partial charge in [0.2, 0.25) is 0 Å². The Morgan fingerprint density at radius 2 is 2.20 bits per heavy atom. The van der Waals surface area contributed by atoms with Crippen LogP contribution < -0.4 is 10.2 Å². The number of anilines is 1. The average Bonchev–Trinajstić information content (AvgIpc) is 2.75. The Bertz CT molecular complexity index is 572. The number of pyridine rings is 1. The van der Waals surface area contributed by atoms with E-state index < -0.39 is 9.84 Å². The third-order valence-electron chi connectivity index (χ3n) is 3.70. The van der Waals surface area contributed by atoms with E-state index in [2.05, 4.69) is 23.3 Å². The molecule has 0 aliphatic carbocycles. The molecule has 1 aliphatic heterocycles. The van der Waals surface area contributed by atoms with Crippen LogP contribution in [0.5, 0.6) is 0 Å². The van der Waals surface area contributed by atoms with Crippen molar-refractivity contribution in [3.8, 4) is 0 Å². The summed E-state index contributed by atoms with van der Waals surface area (Å²) in [5.74, 6) is 1.39. The van der Waals surface area contributed by atoms with E-state index in [0.29, 0.717) is 6.42 Å². The molecule has 0 amide bonds. The van der Waals surface area contributed by atoms with Gasteiger partial charge in [0.25, 0.3) is 0 Å². The minimum Gasteiger partial charge on any atom is -0.356 e. The van der Waals surface area contributed by atoms with Crippen LogP contribution in [-0.4, -0.2) is 44.5 Å². The fourth-order valence-corrected chi connectivity index (χ4v) is 4.32. The van der Waals surface area contributed by atoms with Crippen molar-refractivity contribution >= 4 is 15.7 Å². The fraction of sp³-hybridized carbons (Fsp3) is 0.643. The fourth-order valence-electron chi connectivity index (χ4n) is 2.54. The standard InChI is InChI=1S/C14H23N3O2S/c1-4-15-9-12-7-11(2)16-14(8-12)17(3)13-5-6-20(18,19)10-13/h7-8,13,15H,4-6,9-10H2,1-3H3. The largest absolute Gasteiger partial charge is 0.356 e. The molecule has 2 heterocycles. The predicted octanol–water partition coefficient (Wildman–Crippen LogP) is 1.12. The lowest BCUT2D eigenvalue weighted by Crippen LogP contribution is -2.33. The molecule has 1 aromatic rings. The molecule has 1 saturated heterocycles. The molecule has 20 heavy (non-hydrogen) atoms. The van der Waals surface area contributed by atoms with Gasteiger partial charge in [-0.3, -0.25) is 0 Å².